The topological polar surface area (TPSA) is 36.4 Å². The Morgan fingerprint density at radius 2 is 1.62 bits per heavy atom. The molecule has 3 rings (SSSR count). The number of fused-ring (bicyclic) bond motifs is 1. The summed E-state index contributed by atoms with van der Waals surface area (Å²) >= 11 is 0. The highest BCUT2D eigenvalue weighted by Gasteiger charge is 2.24. The van der Waals surface area contributed by atoms with E-state index in [9.17, 15) is 5.11 Å². The molecule has 0 saturated carbocycles. The Morgan fingerprint density at radius 3 is 2.35 bits per heavy atom. The summed E-state index contributed by atoms with van der Waals surface area (Å²) in [6.07, 6.45) is 0.109. The van der Waals surface area contributed by atoms with Gasteiger partial charge in [0.25, 0.3) is 0 Å². The molecular formula is C23H28N2O. The van der Waals surface area contributed by atoms with Crippen molar-refractivity contribution in [3.8, 4) is 0 Å². The Hall–Kier alpha value is -2.23. The standard InChI is InChI=1S/C23H28N2O/c1-23(2,3)25(16-18-9-5-4-6-10-18)17-21(26)15-20-14-13-19-11-7-8-12-22(19)24-20/h4-14,21,26H,15-17H2,1-3H3/t21-/m1/s1. The van der Waals surface area contributed by atoms with Crippen LogP contribution in [0.1, 0.15) is 32.0 Å². The maximum atomic E-state index is 10.7. The molecule has 0 amide bonds. The SMILES string of the molecule is CC(C)(C)N(Cc1ccccc1)C[C@H](O)Cc1ccc2ccccc2n1. The predicted molar refractivity (Wildman–Crippen MR) is 108 cm³/mol. The molecular weight excluding hydrogens is 320 g/mol. The first kappa shape index (κ1) is 18.6. The molecule has 0 radical (unpaired) electrons. The maximum absolute atomic E-state index is 10.7. The third-order valence-corrected chi connectivity index (χ3v) is 4.70. The van der Waals surface area contributed by atoms with Gasteiger partial charge in [0.2, 0.25) is 0 Å². The highest BCUT2D eigenvalue weighted by Crippen LogP contribution is 2.19. The molecule has 3 heteroatoms. The summed E-state index contributed by atoms with van der Waals surface area (Å²) in [5, 5.41) is 11.8. The van der Waals surface area contributed by atoms with Crippen LogP contribution in [0.5, 0.6) is 0 Å². The molecule has 0 aliphatic heterocycles. The van der Waals surface area contributed by atoms with E-state index >= 15 is 0 Å². The van der Waals surface area contributed by atoms with Crippen molar-refractivity contribution < 1.29 is 5.11 Å². The first-order valence-corrected chi connectivity index (χ1v) is 9.23. The second-order valence-corrected chi connectivity index (χ2v) is 7.89. The number of hydrogen-bond acceptors (Lipinski definition) is 3. The van der Waals surface area contributed by atoms with Gasteiger partial charge >= 0.3 is 0 Å². The number of aliphatic hydroxyl groups is 1. The number of pyridine rings is 1. The molecule has 1 heterocycles. The number of aliphatic hydroxyl groups excluding tert-OH is 1. The number of aromatic nitrogens is 1. The number of para-hydroxylation sites is 1. The van der Waals surface area contributed by atoms with Crippen molar-refractivity contribution in [3.63, 3.8) is 0 Å². The Kier molecular flexibility index (Phi) is 5.70. The molecule has 3 nitrogen and oxygen atoms in total. The third kappa shape index (κ3) is 4.90. The lowest BCUT2D eigenvalue weighted by Crippen LogP contribution is -2.45. The molecule has 136 valence electrons. The third-order valence-electron chi connectivity index (χ3n) is 4.70. The van der Waals surface area contributed by atoms with Crippen LogP contribution in [-0.4, -0.2) is 33.2 Å². The average Bonchev–Trinajstić information content (AvgIpc) is 2.61. The molecule has 0 unspecified atom stereocenters. The van der Waals surface area contributed by atoms with Crippen LogP contribution >= 0.6 is 0 Å². The van der Waals surface area contributed by atoms with Gasteiger partial charge in [0, 0.05) is 36.1 Å². The predicted octanol–water partition coefficient (Wildman–Crippen LogP) is 4.44. The molecule has 1 atom stereocenters. The molecule has 0 bridgehead atoms. The van der Waals surface area contributed by atoms with Crippen LogP contribution in [0, 0.1) is 0 Å². The van der Waals surface area contributed by atoms with Gasteiger partial charge in [-0.1, -0.05) is 54.6 Å². The molecule has 2 aromatic carbocycles. The van der Waals surface area contributed by atoms with Crippen LogP contribution in [0.4, 0.5) is 0 Å². The maximum Gasteiger partial charge on any atom is 0.0722 e. The Bertz CT molecular complexity index is 839. The molecule has 0 fully saturated rings. The van der Waals surface area contributed by atoms with E-state index in [0.29, 0.717) is 13.0 Å². The molecule has 0 spiro atoms. The Labute approximate surface area is 156 Å². The molecule has 0 aliphatic carbocycles. The average molecular weight is 348 g/mol. The molecule has 1 N–H and O–H groups in total. The summed E-state index contributed by atoms with van der Waals surface area (Å²) in [5.41, 5.74) is 3.16. The minimum Gasteiger partial charge on any atom is -0.391 e. The first-order chi connectivity index (χ1) is 12.4. The fourth-order valence-electron chi connectivity index (χ4n) is 3.16. The Morgan fingerprint density at radius 1 is 0.923 bits per heavy atom. The summed E-state index contributed by atoms with van der Waals surface area (Å²) in [5.74, 6) is 0. The normalized spacial score (nSPS) is 13.3. The molecule has 0 saturated heterocycles. The van der Waals surface area contributed by atoms with Crippen molar-refractivity contribution in [3.05, 3.63) is 78.0 Å². The number of nitrogens with zero attached hydrogens (tertiary/aromatic N) is 2. The fourth-order valence-corrected chi connectivity index (χ4v) is 3.16. The zero-order chi connectivity index (χ0) is 18.6. The van der Waals surface area contributed by atoms with Crippen LogP contribution in [0.25, 0.3) is 10.9 Å². The van der Waals surface area contributed by atoms with Gasteiger partial charge in [-0.25, -0.2) is 0 Å². The smallest absolute Gasteiger partial charge is 0.0722 e. The zero-order valence-electron chi connectivity index (χ0n) is 15.9. The van der Waals surface area contributed by atoms with Crippen molar-refractivity contribution in [2.45, 2.75) is 45.4 Å². The molecule has 3 aromatic rings. The van der Waals surface area contributed by atoms with Crippen molar-refractivity contribution in [2.24, 2.45) is 0 Å². The van der Waals surface area contributed by atoms with Crippen molar-refractivity contribution in [1.82, 2.24) is 9.88 Å². The van der Waals surface area contributed by atoms with E-state index < -0.39 is 6.10 Å². The second kappa shape index (κ2) is 7.98. The summed E-state index contributed by atoms with van der Waals surface area (Å²) in [4.78, 5) is 7.02. The lowest BCUT2D eigenvalue weighted by atomic mass is 10.0. The number of benzene rings is 2. The summed E-state index contributed by atoms with van der Waals surface area (Å²) in [6.45, 7) is 8.02. The van der Waals surface area contributed by atoms with E-state index in [4.69, 9.17) is 4.98 Å². The quantitative estimate of drug-likeness (QED) is 0.715. The summed E-state index contributed by atoms with van der Waals surface area (Å²) in [6, 6.07) is 22.6. The van der Waals surface area contributed by atoms with Crippen LogP contribution in [-0.2, 0) is 13.0 Å². The summed E-state index contributed by atoms with van der Waals surface area (Å²) < 4.78 is 0. The molecule has 1 aromatic heterocycles. The lowest BCUT2D eigenvalue weighted by Gasteiger charge is -2.37. The van der Waals surface area contributed by atoms with Crippen molar-refractivity contribution in [2.75, 3.05) is 6.54 Å². The zero-order valence-corrected chi connectivity index (χ0v) is 15.9. The summed E-state index contributed by atoms with van der Waals surface area (Å²) in [7, 11) is 0. The van der Waals surface area contributed by atoms with E-state index in [1.165, 1.54) is 5.56 Å². The van der Waals surface area contributed by atoms with Gasteiger partial charge in [-0.15, -0.1) is 0 Å². The number of hydrogen-bond donors (Lipinski definition) is 1. The lowest BCUT2D eigenvalue weighted by molar-refractivity contribution is 0.0526. The van der Waals surface area contributed by atoms with E-state index in [1.54, 1.807) is 0 Å². The molecule has 26 heavy (non-hydrogen) atoms. The largest absolute Gasteiger partial charge is 0.391 e. The number of β-amino-alcohol motifs (C(OH)–C–C–N with tert-alkyl or cyclic N) is 1. The van der Waals surface area contributed by atoms with E-state index in [1.807, 2.05) is 30.3 Å². The van der Waals surface area contributed by atoms with Crippen molar-refractivity contribution in [1.29, 1.82) is 0 Å². The van der Waals surface area contributed by atoms with Gasteiger partial charge in [-0.05, 0) is 38.5 Å². The Balaban J connectivity index is 1.69. The minimum absolute atomic E-state index is 0.0202. The second-order valence-electron chi connectivity index (χ2n) is 7.89. The monoisotopic (exact) mass is 348 g/mol. The highest BCUT2D eigenvalue weighted by molar-refractivity contribution is 5.78. The van der Waals surface area contributed by atoms with Crippen LogP contribution in [0.3, 0.4) is 0 Å². The first-order valence-electron chi connectivity index (χ1n) is 9.23. The van der Waals surface area contributed by atoms with Crippen LogP contribution in [0.15, 0.2) is 66.7 Å². The van der Waals surface area contributed by atoms with Gasteiger partial charge in [0.15, 0.2) is 0 Å². The van der Waals surface area contributed by atoms with E-state index in [-0.39, 0.29) is 5.54 Å². The van der Waals surface area contributed by atoms with E-state index in [0.717, 1.165) is 23.1 Å². The number of rotatable bonds is 6. The van der Waals surface area contributed by atoms with E-state index in [2.05, 4.69) is 62.1 Å². The van der Waals surface area contributed by atoms with Crippen molar-refractivity contribution >= 4 is 10.9 Å². The van der Waals surface area contributed by atoms with Crippen LogP contribution < -0.4 is 0 Å². The highest BCUT2D eigenvalue weighted by atomic mass is 16.3. The molecule has 0 aliphatic rings. The van der Waals surface area contributed by atoms with Gasteiger partial charge < -0.3 is 5.11 Å². The van der Waals surface area contributed by atoms with Gasteiger partial charge in [-0.3, -0.25) is 9.88 Å². The van der Waals surface area contributed by atoms with Gasteiger partial charge in [-0.2, -0.15) is 0 Å². The minimum atomic E-state index is -0.452. The van der Waals surface area contributed by atoms with Gasteiger partial charge in [0.05, 0.1) is 11.6 Å². The fraction of sp³-hybridized carbons (Fsp3) is 0.348. The van der Waals surface area contributed by atoms with Crippen LogP contribution in [0.2, 0.25) is 0 Å². The van der Waals surface area contributed by atoms with Gasteiger partial charge in [0.1, 0.15) is 0 Å².